The summed E-state index contributed by atoms with van der Waals surface area (Å²) in [6.07, 6.45) is 1.65. The van der Waals surface area contributed by atoms with Crippen LogP contribution in [-0.4, -0.2) is 24.6 Å². The van der Waals surface area contributed by atoms with Gasteiger partial charge in [-0.1, -0.05) is 64.9 Å². The molecule has 0 aliphatic heterocycles. The van der Waals surface area contributed by atoms with Crippen LogP contribution in [0.3, 0.4) is 0 Å². The predicted octanol–water partition coefficient (Wildman–Crippen LogP) is 5.66. The molecule has 3 aromatic carbocycles. The average molecular weight is 428 g/mol. The Balaban J connectivity index is 1.31. The van der Waals surface area contributed by atoms with Gasteiger partial charge in [0.05, 0.1) is 5.69 Å². The zero-order chi connectivity index (χ0) is 22.2. The first kappa shape index (κ1) is 21.2. The smallest absolute Gasteiger partial charge is 0.134 e. The molecule has 0 N–H and O–H groups in total. The van der Waals surface area contributed by atoms with Crippen molar-refractivity contribution in [3.05, 3.63) is 102 Å². The van der Waals surface area contributed by atoms with E-state index in [0.717, 1.165) is 45.2 Å². The van der Waals surface area contributed by atoms with E-state index in [1.807, 2.05) is 85.8 Å². The topological polar surface area (TPSA) is 66.1 Å². The third-order valence-electron chi connectivity index (χ3n) is 4.93. The molecule has 6 heteroatoms. The lowest BCUT2D eigenvalue weighted by Crippen LogP contribution is -2.13. The Kier molecular flexibility index (Phi) is 6.82. The van der Waals surface area contributed by atoms with Crippen LogP contribution in [0.15, 0.2) is 94.8 Å². The third kappa shape index (κ3) is 5.35. The molecule has 162 valence electrons. The van der Waals surface area contributed by atoms with E-state index in [4.69, 9.17) is 18.8 Å². The van der Waals surface area contributed by atoms with Gasteiger partial charge < -0.3 is 18.8 Å². The molecule has 1 heterocycles. The van der Waals surface area contributed by atoms with Crippen LogP contribution in [0, 0.1) is 6.92 Å². The number of rotatable bonds is 9. The number of ether oxygens (including phenoxy) is 2. The second-order valence-electron chi connectivity index (χ2n) is 7.15. The maximum Gasteiger partial charge on any atom is 0.134 e. The Bertz CT molecular complexity index is 1150. The molecule has 0 saturated heterocycles. The number of oxime groups is 1. The van der Waals surface area contributed by atoms with E-state index in [1.54, 1.807) is 6.26 Å². The fourth-order valence-electron chi connectivity index (χ4n) is 3.20. The molecule has 0 bridgehead atoms. The summed E-state index contributed by atoms with van der Waals surface area (Å²) >= 11 is 0. The molecular weight excluding hydrogens is 404 g/mol. The van der Waals surface area contributed by atoms with Crippen molar-refractivity contribution in [3.8, 4) is 22.6 Å². The van der Waals surface area contributed by atoms with Gasteiger partial charge in [0, 0.05) is 11.1 Å². The Morgan fingerprint density at radius 1 is 0.875 bits per heavy atom. The van der Waals surface area contributed by atoms with Crippen LogP contribution >= 0.6 is 0 Å². The molecule has 0 saturated carbocycles. The Morgan fingerprint density at radius 2 is 1.56 bits per heavy atom. The molecule has 0 spiro atoms. The van der Waals surface area contributed by atoms with Gasteiger partial charge in [-0.3, -0.25) is 0 Å². The number of aromatic nitrogens is 1. The molecule has 0 unspecified atom stereocenters. The van der Waals surface area contributed by atoms with Crippen LogP contribution in [0.5, 0.6) is 11.5 Å². The SMILES string of the molecule is CO/N=C(\COc1ccc(COc2ccc(-c3conc3C)cc2)cc1)c1ccccc1. The van der Waals surface area contributed by atoms with Crippen molar-refractivity contribution >= 4 is 5.71 Å². The summed E-state index contributed by atoms with van der Waals surface area (Å²) < 4.78 is 16.8. The molecule has 0 aliphatic rings. The summed E-state index contributed by atoms with van der Waals surface area (Å²) in [5.74, 6) is 1.55. The molecule has 0 fully saturated rings. The first-order valence-corrected chi connectivity index (χ1v) is 10.2. The van der Waals surface area contributed by atoms with Crippen LogP contribution in [0.2, 0.25) is 0 Å². The lowest BCUT2D eigenvalue weighted by atomic mass is 10.1. The quantitative estimate of drug-likeness (QED) is 0.254. The zero-order valence-electron chi connectivity index (χ0n) is 18.0. The fraction of sp³-hybridized carbons (Fsp3) is 0.154. The second-order valence-corrected chi connectivity index (χ2v) is 7.15. The highest BCUT2D eigenvalue weighted by Gasteiger charge is 2.07. The Morgan fingerprint density at radius 3 is 2.22 bits per heavy atom. The van der Waals surface area contributed by atoms with Crippen molar-refractivity contribution in [1.82, 2.24) is 5.16 Å². The number of aryl methyl sites for hydroxylation is 1. The van der Waals surface area contributed by atoms with E-state index in [1.165, 1.54) is 7.11 Å². The largest absolute Gasteiger partial charge is 0.489 e. The minimum atomic E-state index is 0.311. The van der Waals surface area contributed by atoms with Gasteiger partial charge in [0.2, 0.25) is 0 Å². The first-order valence-electron chi connectivity index (χ1n) is 10.2. The van der Waals surface area contributed by atoms with Crippen LogP contribution in [0.1, 0.15) is 16.8 Å². The van der Waals surface area contributed by atoms with E-state index in [0.29, 0.717) is 13.2 Å². The second kappa shape index (κ2) is 10.3. The molecule has 32 heavy (non-hydrogen) atoms. The molecule has 0 radical (unpaired) electrons. The lowest BCUT2D eigenvalue weighted by molar-refractivity contribution is 0.210. The van der Waals surface area contributed by atoms with Gasteiger partial charge in [0.1, 0.15) is 43.8 Å². The first-order chi connectivity index (χ1) is 15.7. The van der Waals surface area contributed by atoms with Crippen LogP contribution < -0.4 is 9.47 Å². The number of hydrogen-bond acceptors (Lipinski definition) is 6. The fourth-order valence-corrected chi connectivity index (χ4v) is 3.20. The minimum absolute atomic E-state index is 0.311. The highest BCUT2D eigenvalue weighted by Crippen LogP contribution is 2.25. The van der Waals surface area contributed by atoms with E-state index < -0.39 is 0 Å². The normalized spacial score (nSPS) is 11.2. The minimum Gasteiger partial charge on any atom is -0.489 e. The molecule has 0 amide bonds. The van der Waals surface area contributed by atoms with Gasteiger partial charge in [-0.25, -0.2) is 0 Å². The van der Waals surface area contributed by atoms with Crippen molar-refractivity contribution in [1.29, 1.82) is 0 Å². The Hall–Kier alpha value is -4.06. The van der Waals surface area contributed by atoms with Crippen molar-refractivity contribution in [3.63, 3.8) is 0 Å². The van der Waals surface area contributed by atoms with Crippen molar-refractivity contribution in [2.45, 2.75) is 13.5 Å². The zero-order valence-corrected chi connectivity index (χ0v) is 18.0. The molecular formula is C26H24N2O4. The van der Waals surface area contributed by atoms with E-state index in [9.17, 15) is 0 Å². The van der Waals surface area contributed by atoms with Crippen molar-refractivity contribution in [2.24, 2.45) is 5.16 Å². The molecule has 6 nitrogen and oxygen atoms in total. The van der Waals surface area contributed by atoms with E-state index in [-0.39, 0.29) is 0 Å². The monoisotopic (exact) mass is 428 g/mol. The summed E-state index contributed by atoms with van der Waals surface area (Å²) in [4.78, 5) is 4.96. The van der Waals surface area contributed by atoms with E-state index >= 15 is 0 Å². The predicted molar refractivity (Wildman–Crippen MR) is 123 cm³/mol. The molecule has 4 aromatic rings. The van der Waals surface area contributed by atoms with Gasteiger partial charge >= 0.3 is 0 Å². The van der Waals surface area contributed by atoms with Crippen LogP contribution in [-0.2, 0) is 11.4 Å². The van der Waals surface area contributed by atoms with Crippen molar-refractivity contribution < 1.29 is 18.8 Å². The molecule has 0 atom stereocenters. The molecule has 1 aromatic heterocycles. The Labute approximate surface area is 187 Å². The van der Waals surface area contributed by atoms with Gasteiger partial charge in [-0.2, -0.15) is 0 Å². The summed E-state index contributed by atoms with van der Waals surface area (Å²) in [7, 11) is 1.53. The summed E-state index contributed by atoms with van der Waals surface area (Å²) in [5, 5.41) is 8.00. The maximum atomic E-state index is 5.91. The van der Waals surface area contributed by atoms with Gasteiger partial charge in [0.15, 0.2) is 0 Å². The highest BCUT2D eigenvalue weighted by molar-refractivity contribution is 6.01. The van der Waals surface area contributed by atoms with Crippen LogP contribution in [0.25, 0.3) is 11.1 Å². The lowest BCUT2D eigenvalue weighted by Gasteiger charge is -2.10. The van der Waals surface area contributed by atoms with Gasteiger partial charge in [-0.15, -0.1) is 0 Å². The van der Waals surface area contributed by atoms with Crippen molar-refractivity contribution in [2.75, 3.05) is 13.7 Å². The third-order valence-corrected chi connectivity index (χ3v) is 4.93. The number of hydrogen-bond donors (Lipinski definition) is 0. The van der Waals surface area contributed by atoms with Gasteiger partial charge in [0.25, 0.3) is 0 Å². The summed E-state index contributed by atoms with van der Waals surface area (Å²) in [6, 6.07) is 25.5. The summed E-state index contributed by atoms with van der Waals surface area (Å²) in [6.45, 7) is 2.70. The number of nitrogens with zero attached hydrogens (tertiary/aromatic N) is 2. The molecule has 0 aliphatic carbocycles. The highest BCUT2D eigenvalue weighted by atomic mass is 16.6. The van der Waals surface area contributed by atoms with Crippen LogP contribution in [0.4, 0.5) is 0 Å². The number of benzene rings is 3. The summed E-state index contributed by atoms with van der Waals surface area (Å²) in [5.41, 5.74) is 5.63. The van der Waals surface area contributed by atoms with Gasteiger partial charge in [-0.05, 0) is 42.3 Å². The maximum absolute atomic E-state index is 5.91. The standard InChI is InChI=1S/C26H24N2O4/c1-19-25(17-32-27-19)21-10-14-24(15-11-21)30-16-20-8-12-23(13-9-20)31-18-26(28-29-2)22-6-4-3-5-7-22/h3-15,17H,16,18H2,1-2H3/b28-26+. The average Bonchev–Trinajstić information content (AvgIpc) is 3.28. The van der Waals surface area contributed by atoms with E-state index in [2.05, 4.69) is 10.3 Å². The molecule has 4 rings (SSSR count).